The average molecular weight is 278 g/mol. The van der Waals surface area contributed by atoms with Gasteiger partial charge in [-0.15, -0.1) is 0 Å². The van der Waals surface area contributed by atoms with Crippen LogP contribution in [0, 0.1) is 0 Å². The Balaban J connectivity index is 1.80. The van der Waals surface area contributed by atoms with E-state index in [4.69, 9.17) is 15.2 Å². The molecular weight excluding hydrogens is 252 g/mol. The normalized spacial score (nSPS) is 20.0. The first-order chi connectivity index (χ1) is 9.69. The van der Waals surface area contributed by atoms with Gasteiger partial charge in [-0.3, -0.25) is 0 Å². The molecule has 1 saturated heterocycles. The summed E-state index contributed by atoms with van der Waals surface area (Å²) >= 11 is 0. The largest absolute Gasteiger partial charge is 0.492 e. The third kappa shape index (κ3) is 4.39. The number of benzene rings is 1. The van der Waals surface area contributed by atoms with Crippen molar-refractivity contribution in [3.8, 4) is 5.75 Å². The molecule has 2 unspecified atom stereocenters. The van der Waals surface area contributed by atoms with Crippen molar-refractivity contribution in [1.82, 2.24) is 5.32 Å². The van der Waals surface area contributed by atoms with Crippen molar-refractivity contribution in [3.63, 3.8) is 0 Å². The first-order valence-electron chi connectivity index (χ1n) is 7.55. The van der Waals surface area contributed by atoms with Crippen LogP contribution in [0.1, 0.15) is 32.3 Å². The van der Waals surface area contributed by atoms with Crippen LogP contribution in [0.25, 0.3) is 0 Å². The van der Waals surface area contributed by atoms with Crippen LogP contribution in [0.15, 0.2) is 18.2 Å². The zero-order valence-electron chi connectivity index (χ0n) is 12.5. The maximum absolute atomic E-state index is 5.99. The fraction of sp³-hybridized carbons (Fsp3) is 0.625. The van der Waals surface area contributed by atoms with Crippen molar-refractivity contribution in [2.24, 2.45) is 0 Å². The van der Waals surface area contributed by atoms with Gasteiger partial charge in [-0.25, -0.2) is 0 Å². The number of rotatable bonds is 7. The minimum Gasteiger partial charge on any atom is -0.492 e. The second-order valence-electron chi connectivity index (χ2n) is 5.45. The lowest BCUT2D eigenvalue weighted by molar-refractivity contribution is 0.108. The number of anilines is 1. The molecule has 1 aromatic rings. The molecule has 3 N–H and O–H groups in total. The molecule has 0 amide bonds. The summed E-state index contributed by atoms with van der Waals surface area (Å²) in [5.74, 6) is 0.774. The number of nitrogens with two attached hydrogens (primary N) is 1. The maximum atomic E-state index is 5.99. The Morgan fingerprint density at radius 3 is 3.00 bits per heavy atom. The first-order valence-corrected chi connectivity index (χ1v) is 7.55. The molecule has 0 bridgehead atoms. The molecule has 1 aromatic carbocycles. The molecule has 0 radical (unpaired) electrons. The van der Waals surface area contributed by atoms with Crippen molar-refractivity contribution in [2.45, 2.75) is 45.3 Å². The van der Waals surface area contributed by atoms with Crippen LogP contribution in [0.5, 0.6) is 5.75 Å². The van der Waals surface area contributed by atoms with E-state index in [2.05, 4.69) is 18.3 Å². The molecule has 1 aliphatic rings. The Bertz CT molecular complexity index is 417. The van der Waals surface area contributed by atoms with Crippen LogP contribution < -0.4 is 15.8 Å². The lowest BCUT2D eigenvalue weighted by atomic mass is 10.1. The van der Waals surface area contributed by atoms with Crippen LogP contribution in [0.4, 0.5) is 5.69 Å². The average Bonchev–Trinajstić information content (AvgIpc) is 2.93. The number of hydrogen-bond acceptors (Lipinski definition) is 4. The zero-order chi connectivity index (χ0) is 14.4. The lowest BCUT2D eigenvalue weighted by Gasteiger charge is -2.17. The van der Waals surface area contributed by atoms with Gasteiger partial charge in [0, 0.05) is 19.2 Å². The SMILES string of the molecule is CCOc1ccc(CC(C)NCC2CCCO2)cc1N. The van der Waals surface area contributed by atoms with E-state index in [1.54, 1.807) is 0 Å². The van der Waals surface area contributed by atoms with Gasteiger partial charge in [-0.1, -0.05) is 6.07 Å². The molecule has 112 valence electrons. The van der Waals surface area contributed by atoms with E-state index in [1.807, 2.05) is 19.1 Å². The van der Waals surface area contributed by atoms with Crippen molar-refractivity contribution < 1.29 is 9.47 Å². The maximum Gasteiger partial charge on any atom is 0.142 e. The molecule has 0 aromatic heterocycles. The van der Waals surface area contributed by atoms with Gasteiger partial charge in [-0.05, 0) is 50.8 Å². The Kier molecular flexibility index (Phi) is 5.68. The van der Waals surface area contributed by atoms with Crippen molar-refractivity contribution in [3.05, 3.63) is 23.8 Å². The van der Waals surface area contributed by atoms with E-state index >= 15 is 0 Å². The Labute approximate surface area is 121 Å². The molecule has 20 heavy (non-hydrogen) atoms. The second kappa shape index (κ2) is 7.50. The summed E-state index contributed by atoms with van der Waals surface area (Å²) in [6.07, 6.45) is 3.72. The van der Waals surface area contributed by atoms with Crippen LogP contribution in [-0.4, -0.2) is 31.9 Å². The highest BCUT2D eigenvalue weighted by molar-refractivity contribution is 5.54. The number of hydrogen-bond donors (Lipinski definition) is 2. The predicted molar refractivity (Wildman–Crippen MR) is 82.2 cm³/mol. The van der Waals surface area contributed by atoms with Gasteiger partial charge in [0.05, 0.1) is 18.4 Å². The summed E-state index contributed by atoms with van der Waals surface area (Å²) in [4.78, 5) is 0. The second-order valence-corrected chi connectivity index (χ2v) is 5.45. The van der Waals surface area contributed by atoms with E-state index in [9.17, 15) is 0 Å². The van der Waals surface area contributed by atoms with Gasteiger partial charge in [0.25, 0.3) is 0 Å². The van der Waals surface area contributed by atoms with E-state index < -0.39 is 0 Å². The molecule has 0 saturated carbocycles. The smallest absolute Gasteiger partial charge is 0.142 e. The summed E-state index contributed by atoms with van der Waals surface area (Å²) in [5.41, 5.74) is 7.94. The molecule has 2 atom stereocenters. The molecule has 0 spiro atoms. The minimum atomic E-state index is 0.392. The van der Waals surface area contributed by atoms with Crippen LogP contribution >= 0.6 is 0 Å². The summed E-state index contributed by atoms with van der Waals surface area (Å²) in [6.45, 7) is 6.65. The third-order valence-corrected chi connectivity index (χ3v) is 3.63. The summed E-state index contributed by atoms with van der Waals surface area (Å²) in [5, 5.41) is 3.54. The number of ether oxygens (including phenoxy) is 2. The quantitative estimate of drug-likeness (QED) is 0.752. The summed E-state index contributed by atoms with van der Waals surface area (Å²) in [6, 6.07) is 6.47. The van der Waals surface area contributed by atoms with Crippen molar-refractivity contribution >= 4 is 5.69 Å². The topological polar surface area (TPSA) is 56.5 Å². The summed E-state index contributed by atoms with van der Waals surface area (Å²) < 4.78 is 11.1. The fourth-order valence-electron chi connectivity index (χ4n) is 2.58. The monoisotopic (exact) mass is 278 g/mol. The van der Waals surface area contributed by atoms with E-state index in [0.717, 1.165) is 31.0 Å². The lowest BCUT2D eigenvalue weighted by Crippen LogP contribution is -2.34. The van der Waals surface area contributed by atoms with Gasteiger partial charge >= 0.3 is 0 Å². The molecule has 1 fully saturated rings. The summed E-state index contributed by atoms with van der Waals surface area (Å²) in [7, 11) is 0. The highest BCUT2D eigenvalue weighted by Gasteiger charge is 2.16. The molecule has 1 aliphatic heterocycles. The number of nitrogen functional groups attached to an aromatic ring is 1. The van der Waals surface area contributed by atoms with Crippen molar-refractivity contribution in [1.29, 1.82) is 0 Å². The van der Waals surface area contributed by atoms with Crippen LogP contribution in [0.3, 0.4) is 0 Å². The van der Waals surface area contributed by atoms with E-state index in [1.165, 1.54) is 18.4 Å². The number of nitrogens with one attached hydrogen (secondary N) is 1. The minimum absolute atomic E-state index is 0.392. The highest BCUT2D eigenvalue weighted by Crippen LogP contribution is 2.23. The van der Waals surface area contributed by atoms with Gasteiger partial charge in [0.1, 0.15) is 5.75 Å². The highest BCUT2D eigenvalue weighted by atomic mass is 16.5. The molecule has 0 aliphatic carbocycles. The molecule has 1 heterocycles. The van der Waals surface area contributed by atoms with Crippen LogP contribution in [-0.2, 0) is 11.2 Å². The molecule has 2 rings (SSSR count). The molecule has 4 nitrogen and oxygen atoms in total. The van der Waals surface area contributed by atoms with Gasteiger partial charge in [0.2, 0.25) is 0 Å². The Morgan fingerprint density at radius 2 is 2.35 bits per heavy atom. The van der Waals surface area contributed by atoms with E-state index in [0.29, 0.717) is 18.8 Å². The zero-order valence-corrected chi connectivity index (χ0v) is 12.5. The first kappa shape index (κ1) is 15.1. The van der Waals surface area contributed by atoms with E-state index in [-0.39, 0.29) is 0 Å². The van der Waals surface area contributed by atoms with Gasteiger partial charge < -0.3 is 20.5 Å². The van der Waals surface area contributed by atoms with Gasteiger partial charge in [0.15, 0.2) is 0 Å². The molecular formula is C16H26N2O2. The fourth-order valence-corrected chi connectivity index (χ4v) is 2.58. The molecule has 4 heteroatoms. The van der Waals surface area contributed by atoms with Crippen LogP contribution in [0.2, 0.25) is 0 Å². The third-order valence-electron chi connectivity index (χ3n) is 3.63. The predicted octanol–water partition coefficient (Wildman–Crippen LogP) is 2.37. The standard InChI is InChI=1S/C16H26N2O2/c1-3-19-16-7-6-13(10-15(16)17)9-12(2)18-11-14-5-4-8-20-14/h6-7,10,12,14,18H,3-5,8-9,11,17H2,1-2H3. The van der Waals surface area contributed by atoms with Gasteiger partial charge in [-0.2, -0.15) is 0 Å². The van der Waals surface area contributed by atoms with Crippen molar-refractivity contribution in [2.75, 3.05) is 25.5 Å². The Morgan fingerprint density at radius 1 is 1.50 bits per heavy atom. The Hall–Kier alpha value is -1.26.